The van der Waals surface area contributed by atoms with Crippen LogP contribution in [0.5, 0.6) is 0 Å². The van der Waals surface area contributed by atoms with Crippen LogP contribution in [0.2, 0.25) is 0 Å². The molecule has 0 bridgehead atoms. The molecule has 1 N–H and O–H groups in total. The monoisotopic (exact) mass is 405 g/mol. The summed E-state index contributed by atoms with van der Waals surface area (Å²) in [5.74, 6) is 1.30. The SMILES string of the molecule is CN(C)c1nc2c(c(=O)[nH]1)CCC21CCCN(Cc2coc(-c3ccccc3)n2)C1. The summed E-state index contributed by atoms with van der Waals surface area (Å²) in [6.07, 6.45) is 5.73. The summed E-state index contributed by atoms with van der Waals surface area (Å²) in [6.45, 7) is 2.67. The first kappa shape index (κ1) is 19.1. The van der Waals surface area contributed by atoms with Crippen molar-refractivity contribution in [1.29, 1.82) is 0 Å². The Morgan fingerprint density at radius 1 is 1.20 bits per heavy atom. The Balaban J connectivity index is 1.38. The topological polar surface area (TPSA) is 78.3 Å². The summed E-state index contributed by atoms with van der Waals surface area (Å²) < 4.78 is 5.72. The maximum atomic E-state index is 12.6. The fourth-order valence-corrected chi connectivity index (χ4v) is 4.93. The summed E-state index contributed by atoms with van der Waals surface area (Å²) in [5, 5.41) is 0. The van der Waals surface area contributed by atoms with Gasteiger partial charge in [-0.3, -0.25) is 14.7 Å². The highest BCUT2D eigenvalue weighted by molar-refractivity contribution is 5.52. The van der Waals surface area contributed by atoms with Crippen LogP contribution in [0.4, 0.5) is 5.95 Å². The molecule has 1 unspecified atom stereocenters. The lowest BCUT2D eigenvalue weighted by molar-refractivity contribution is 0.135. The van der Waals surface area contributed by atoms with E-state index in [1.54, 1.807) is 6.26 Å². The fraction of sp³-hybridized carbons (Fsp3) is 0.435. The van der Waals surface area contributed by atoms with Crippen molar-refractivity contribution >= 4 is 5.95 Å². The van der Waals surface area contributed by atoms with Crippen LogP contribution in [0.25, 0.3) is 11.5 Å². The number of H-pyrrole nitrogens is 1. The number of rotatable bonds is 4. The van der Waals surface area contributed by atoms with E-state index < -0.39 is 0 Å². The maximum absolute atomic E-state index is 12.6. The zero-order valence-electron chi connectivity index (χ0n) is 17.5. The van der Waals surface area contributed by atoms with Gasteiger partial charge in [-0.25, -0.2) is 9.97 Å². The molecule has 3 aromatic rings. The average molecular weight is 406 g/mol. The molecule has 30 heavy (non-hydrogen) atoms. The number of oxazole rings is 1. The zero-order chi connectivity index (χ0) is 20.7. The molecule has 1 aliphatic heterocycles. The molecule has 1 saturated heterocycles. The van der Waals surface area contributed by atoms with Crippen molar-refractivity contribution in [2.45, 2.75) is 37.6 Å². The zero-order valence-corrected chi connectivity index (χ0v) is 17.5. The van der Waals surface area contributed by atoms with Gasteiger partial charge in [-0.05, 0) is 44.4 Å². The number of piperidine rings is 1. The molecule has 156 valence electrons. The van der Waals surface area contributed by atoms with E-state index in [1.807, 2.05) is 49.3 Å². The van der Waals surface area contributed by atoms with Crippen molar-refractivity contribution in [3.8, 4) is 11.5 Å². The minimum atomic E-state index is -0.0431. The van der Waals surface area contributed by atoms with E-state index in [9.17, 15) is 4.79 Å². The predicted molar refractivity (Wildman–Crippen MR) is 116 cm³/mol. The predicted octanol–water partition coefficient (Wildman–Crippen LogP) is 2.97. The number of hydrogen-bond acceptors (Lipinski definition) is 6. The van der Waals surface area contributed by atoms with Gasteiger partial charge in [0.1, 0.15) is 6.26 Å². The molecule has 5 rings (SSSR count). The number of nitrogens with zero attached hydrogens (tertiary/aromatic N) is 4. The van der Waals surface area contributed by atoms with Crippen LogP contribution < -0.4 is 10.5 Å². The van der Waals surface area contributed by atoms with Crippen molar-refractivity contribution in [3.05, 3.63) is 63.9 Å². The van der Waals surface area contributed by atoms with Gasteiger partial charge >= 0.3 is 0 Å². The molecule has 2 aliphatic rings. The van der Waals surface area contributed by atoms with Gasteiger partial charge in [0.25, 0.3) is 5.56 Å². The number of nitrogens with one attached hydrogen (secondary N) is 1. The number of aromatic nitrogens is 3. The Hall–Kier alpha value is -2.93. The van der Waals surface area contributed by atoms with Crippen molar-refractivity contribution < 1.29 is 4.42 Å². The van der Waals surface area contributed by atoms with E-state index >= 15 is 0 Å². The van der Waals surface area contributed by atoms with Crippen LogP contribution in [-0.2, 0) is 18.4 Å². The highest BCUT2D eigenvalue weighted by atomic mass is 16.3. The second-order valence-corrected chi connectivity index (χ2v) is 8.72. The van der Waals surface area contributed by atoms with Gasteiger partial charge < -0.3 is 9.32 Å². The molecule has 0 saturated carbocycles. The standard InChI is InChI=1S/C23H27N5O2/c1-27(2)22-25-19-18(20(29)26-22)9-11-23(19)10-6-12-28(15-23)13-17-14-30-21(24-17)16-7-4-3-5-8-16/h3-5,7-8,14H,6,9-13,15H2,1-2H3,(H,25,26,29). The molecule has 7 nitrogen and oxygen atoms in total. The Labute approximate surface area is 175 Å². The van der Waals surface area contributed by atoms with Gasteiger partial charge in [0.15, 0.2) is 0 Å². The van der Waals surface area contributed by atoms with Crippen LogP contribution in [0.3, 0.4) is 0 Å². The quantitative estimate of drug-likeness (QED) is 0.719. The van der Waals surface area contributed by atoms with Crippen LogP contribution in [0.15, 0.2) is 45.8 Å². The Morgan fingerprint density at radius 3 is 2.83 bits per heavy atom. The minimum Gasteiger partial charge on any atom is -0.444 e. The van der Waals surface area contributed by atoms with Gasteiger partial charge in [0.2, 0.25) is 11.8 Å². The van der Waals surface area contributed by atoms with E-state index in [1.165, 1.54) is 0 Å². The van der Waals surface area contributed by atoms with Crippen LogP contribution in [0, 0.1) is 0 Å². The summed E-state index contributed by atoms with van der Waals surface area (Å²) >= 11 is 0. The molecule has 1 fully saturated rings. The second kappa shape index (κ2) is 7.40. The Bertz CT molecular complexity index is 1100. The molecule has 1 aromatic carbocycles. The lowest BCUT2D eigenvalue weighted by Crippen LogP contribution is -2.45. The number of fused-ring (bicyclic) bond motifs is 2. The molecule has 2 aromatic heterocycles. The van der Waals surface area contributed by atoms with Crippen LogP contribution in [0.1, 0.15) is 36.2 Å². The van der Waals surface area contributed by atoms with Gasteiger partial charge in [-0.2, -0.15) is 0 Å². The number of hydrogen-bond donors (Lipinski definition) is 1. The first-order chi connectivity index (χ1) is 14.5. The summed E-state index contributed by atoms with van der Waals surface area (Å²) in [5.41, 5.74) is 3.78. The summed E-state index contributed by atoms with van der Waals surface area (Å²) in [6, 6.07) is 9.98. The van der Waals surface area contributed by atoms with E-state index in [4.69, 9.17) is 14.4 Å². The number of aromatic amines is 1. The normalized spacial score (nSPS) is 21.1. The van der Waals surface area contributed by atoms with E-state index in [-0.39, 0.29) is 11.0 Å². The third-order valence-corrected chi connectivity index (χ3v) is 6.40. The largest absolute Gasteiger partial charge is 0.444 e. The smallest absolute Gasteiger partial charge is 0.255 e. The van der Waals surface area contributed by atoms with E-state index in [0.717, 1.165) is 67.8 Å². The third kappa shape index (κ3) is 3.33. The van der Waals surface area contributed by atoms with Gasteiger partial charge in [-0.15, -0.1) is 0 Å². The summed E-state index contributed by atoms with van der Waals surface area (Å²) in [7, 11) is 3.82. The number of benzene rings is 1. The maximum Gasteiger partial charge on any atom is 0.255 e. The van der Waals surface area contributed by atoms with Gasteiger partial charge in [-0.1, -0.05) is 18.2 Å². The van der Waals surface area contributed by atoms with Crippen molar-refractivity contribution in [3.63, 3.8) is 0 Å². The molecule has 0 amide bonds. The van der Waals surface area contributed by atoms with Crippen molar-refractivity contribution in [1.82, 2.24) is 19.9 Å². The first-order valence-electron chi connectivity index (χ1n) is 10.6. The highest BCUT2D eigenvalue weighted by Crippen LogP contribution is 2.43. The van der Waals surface area contributed by atoms with Gasteiger partial charge in [0.05, 0.1) is 11.4 Å². The summed E-state index contributed by atoms with van der Waals surface area (Å²) in [4.78, 5) is 29.4. The van der Waals surface area contributed by atoms with Crippen LogP contribution >= 0.6 is 0 Å². The fourth-order valence-electron chi connectivity index (χ4n) is 4.93. The molecular weight excluding hydrogens is 378 g/mol. The Morgan fingerprint density at radius 2 is 2.03 bits per heavy atom. The van der Waals surface area contributed by atoms with Gasteiger partial charge in [0, 0.05) is 43.7 Å². The minimum absolute atomic E-state index is 0.0155. The molecule has 0 radical (unpaired) electrons. The van der Waals surface area contributed by atoms with Crippen LogP contribution in [-0.4, -0.2) is 47.0 Å². The highest BCUT2D eigenvalue weighted by Gasteiger charge is 2.44. The first-order valence-corrected chi connectivity index (χ1v) is 10.6. The average Bonchev–Trinajstić information content (AvgIpc) is 3.35. The molecule has 1 aliphatic carbocycles. The molecular formula is C23H27N5O2. The lowest BCUT2D eigenvalue weighted by Gasteiger charge is -2.40. The second-order valence-electron chi connectivity index (χ2n) is 8.72. The molecule has 1 spiro atoms. The van der Waals surface area contributed by atoms with E-state index in [0.29, 0.717) is 11.8 Å². The lowest BCUT2D eigenvalue weighted by atomic mass is 9.77. The number of anilines is 1. The number of likely N-dealkylation sites (tertiary alicyclic amines) is 1. The van der Waals surface area contributed by atoms with Crippen molar-refractivity contribution in [2.75, 3.05) is 32.1 Å². The molecule has 7 heteroatoms. The van der Waals surface area contributed by atoms with E-state index in [2.05, 4.69) is 9.88 Å². The van der Waals surface area contributed by atoms with Crippen molar-refractivity contribution in [2.24, 2.45) is 0 Å². The third-order valence-electron chi connectivity index (χ3n) is 6.40. The molecule has 1 atom stereocenters. The Kier molecular flexibility index (Phi) is 4.70. The molecule has 3 heterocycles.